The molecule has 0 bridgehead atoms. The second-order valence-electron chi connectivity index (χ2n) is 8.99. The molecule has 0 N–H and O–H groups in total. The lowest BCUT2D eigenvalue weighted by Gasteiger charge is -2.28. The highest BCUT2D eigenvalue weighted by Gasteiger charge is 2.85. The van der Waals surface area contributed by atoms with Crippen LogP contribution in [-0.2, 0) is 19.1 Å². The third-order valence-electron chi connectivity index (χ3n) is 8.92. The van der Waals surface area contributed by atoms with Crippen LogP contribution in [0, 0.1) is 71.0 Å². The Kier molecular flexibility index (Phi) is 1.67. The van der Waals surface area contributed by atoms with Gasteiger partial charge in [-0.3, -0.25) is 14.4 Å². The molecule has 0 heterocycles. The van der Waals surface area contributed by atoms with Crippen LogP contribution < -0.4 is 0 Å². The Hall–Kier alpha value is -1.45. The molecule has 118 valence electrons. The predicted octanol–water partition coefficient (Wildman–Crippen LogP) is 1.10. The van der Waals surface area contributed by atoms with Gasteiger partial charge in [-0.2, -0.15) is 0 Å². The number of ether oxygens (including phenoxy) is 1. The molecule has 3 unspecified atom stereocenters. The summed E-state index contributed by atoms with van der Waals surface area (Å²) < 4.78 is 5.61. The van der Waals surface area contributed by atoms with Crippen molar-refractivity contribution < 1.29 is 19.1 Å². The zero-order chi connectivity index (χ0) is 15.4. The van der Waals surface area contributed by atoms with Crippen LogP contribution in [0.1, 0.15) is 6.92 Å². The smallest absolute Gasteiger partial charge is 0.302 e. The van der Waals surface area contributed by atoms with Crippen molar-refractivity contribution in [3.8, 4) is 0 Å². The van der Waals surface area contributed by atoms with E-state index in [4.69, 9.17) is 4.74 Å². The molecule has 13 atom stereocenters. The topological polar surface area (TPSA) is 60.4 Å². The molecule has 4 heteroatoms. The Balaban J connectivity index is 1.50. The Morgan fingerprint density at radius 3 is 1.74 bits per heavy atom. The minimum atomic E-state index is -0.461. The molecule has 0 aromatic heterocycles. The van der Waals surface area contributed by atoms with Crippen LogP contribution in [-0.4, -0.2) is 23.6 Å². The van der Waals surface area contributed by atoms with Crippen molar-refractivity contribution in [1.82, 2.24) is 0 Å². The highest BCUT2D eigenvalue weighted by atomic mass is 16.5. The summed E-state index contributed by atoms with van der Waals surface area (Å²) in [4.78, 5) is 38.1. The van der Waals surface area contributed by atoms with Crippen LogP contribution in [0.25, 0.3) is 0 Å². The molecule has 0 aromatic rings. The van der Waals surface area contributed by atoms with Gasteiger partial charge in [0, 0.05) is 18.8 Å². The van der Waals surface area contributed by atoms with Gasteiger partial charge in [0.15, 0.2) is 0 Å². The number of fused-ring (bicyclic) bond motifs is 2. The van der Waals surface area contributed by atoms with Crippen molar-refractivity contribution in [1.29, 1.82) is 0 Å². The fraction of sp³-hybridized carbons (Fsp3) is 0.737. The third-order valence-corrected chi connectivity index (χ3v) is 8.92. The van der Waals surface area contributed by atoms with E-state index in [2.05, 4.69) is 12.2 Å². The normalized spacial score (nSPS) is 67.1. The average Bonchev–Trinajstić information content (AvgIpc) is 3.20. The van der Waals surface area contributed by atoms with Crippen molar-refractivity contribution >= 4 is 17.5 Å². The van der Waals surface area contributed by atoms with Crippen molar-refractivity contribution in [3.05, 3.63) is 12.2 Å². The first kappa shape index (κ1) is 12.0. The summed E-state index contributed by atoms with van der Waals surface area (Å²) in [5, 5.41) is 0. The number of ketones is 2. The molecule has 0 amide bonds. The Labute approximate surface area is 133 Å². The summed E-state index contributed by atoms with van der Waals surface area (Å²) in [6.45, 7) is 1.40. The monoisotopic (exact) mass is 310 g/mol. The van der Waals surface area contributed by atoms with E-state index >= 15 is 0 Å². The lowest BCUT2D eigenvalue weighted by atomic mass is 9.78. The van der Waals surface area contributed by atoms with Gasteiger partial charge in [0.05, 0.1) is 11.8 Å². The molecule has 7 rings (SSSR count). The highest BCUT2D eigenvalue weighted by molar-refractivity contribution is 5.96. The minimum absolute atomic E-state index is 0.155. The molecule has 0 aliphatic heterocycles. The summed E-state index contributed by atoms with van der Waals surface area (Å²) in [5.41, 5.74) is 0. The quantitative estimate of drug-likeness (QED) is 0.537. The van der Waals surface area contributed by atoms with Crippen LogP contribution in [0.2, 0.25) is 0 Å². The molecule has 6 fully saturated rings. The largest absolute Gasteiger partial charge is 0.461 e. The van der Waals surface area contributed by atoms with E-state index in [1.54, 1.807) is 0 Å². The maximum absolute atomic E-state index is 13.2. The van der Waals surface area contributed by atoms with Crippen LogP contribution in [0.3, 0.4) is 0 Å². The lowest BCUT2D eigenvalue weighted by Crippen LogP contribution is -2.39. The Bertz CT molecular complexity index is 700. The van der Waals surface area contributed by atoms with Gasteiger partial charge in [-0.1, -0.05) is 12.2 Å². The van der Waals surface area contributed by atoms with Crippen molar-refractivity contribution in [2.45, 2.75) is 13.0 Å². The van der Waals surface area contributed by atoms with E-state index in [-0.39, 0.29) is 29.6 Å². The molecule has 0 spiro atoms. The van der Waals surface area contributed by atoms with Crippen LogP contribution in [0.15, 0.2) is 12.2 Å². The molecule has 0 aromatic carbocycles. The molecular weight excluding hydrogens is 292 g/mol. The first-order valence-corrected chi connectivity index (χ1v) is 9.04. The zero-order valence-electron chi connectivity index (χ0n) is 12.8. The van der Waals surface area contributed by atoms with Crippen LogP contribution in [0.4, 0.5) is 0 Å². The number of carbonyl (C=O) groups is 3. The maximum Gasteiger partial charge on any atom is 0.302 e. The van der Waals surface area contributed by atoms with Crippen molar-refractivity contribution in [3.63, 3.8) is 0 Å². The number of allylic oxidation sites excluding steroid dienone is 2. The zero-order valence-corrected chi connectivity index (χ0v) is 12.8. The second kappa shape index (κ2) is 3.20. The second-order valence-corrected chi connectivity index (χ2v) is 8.99. The SMILES string of the molecule is CC(=O)OC1[C@@H]2C(=O)[C@@H]3[C@H]4C5C6[C@@H](C=C[C@@H]63)[C@H]3C(=O)[C@@H]1[C@@H]([C@@H]53)[C@H]42. The van der Waals surface area contributed by atoms with Crippen LogP contribution >= 0.6 is 0 Å². The van der Waals surface area contributed by atoms with Gasteiger partial charge >= 0.3 is 5.97 Å². The summed E-state index contributed by atoms with van der Waals surface area (Å²) >= 11 is 0. The first-order valence-electron chi connectivity index (χ1n) is 9.04. The summed E-state index contributed by atoms with van der Waals surface area (Å²) in [5.74, 6) is 3.70. The highest BCUT2D eigenvalue weighted by Crippen LogP contribution is 2.82. The third kappa shape index (κ3) is 0.923. The van der Waals surface area contributed by atoms with E-state index < -0.39 is 6.10 Å². The van der Waals surface area contributed by atoms with E-state index in [0.717, 1.165) is 0 Å². The number of Topliss-reactive ketones (excluding diaryl/α,β-unsaturated/α-hetero) is 2. The van der Waals surface area contributed by atoms with E-state index in [1.807, 2.05) is 0 Å². The van der Waals surface area contributed by atoms with Gasteiger partial charge < -0.3 is 4.74 Å². The summed E-state index contributed by atoms with van der Waals surface area (Å²) in [6.07, 6.45) is 4.05. The molecular formula is C19H18O4. The molecule has 0 saturated heterocycles. The van der Waals surface area contributed by atoms with Crippen molar-refractivity contribution in [2.75, 3.05) is 0 Å². The Morgan fingerprint density at radius 1 is 0.783 bits per heavy atom. The molecule has 4 nitrogen and oxygen atoms in total. The van der Waals surface area contributed by atoms with Gasteiger partial charge in [-0.15, -0.1) is 0 Å². The van der Waals surface area contributed by atoms with Crippen molar-refractivity contribution in [2.24, 2.45) is 71.0 Å². The molecule has 6 saturated carbocycles. The maximum atomic E-state index is 13.2. The van der Waals surface area contributed by atoms with Gasteiger partial charge in [0.2, 0.25) is 0 Å². The van der Waals surface area contributed by atoms with Crippen LogP contribution in [0.5, 0.6) is 0 Å². The number of rotatable bonds is 1. The standard InChI is InChI=1S/C19H18O4/c1-4(20)23-19-15-13-11-8(17(15)21)5-2-3-6-7(5)10(11)12-9(6)18(22)16(19)14(12)13/h2-3,5-16,19H,1H3/t5-,6+,7?,8-,9+,10?,11-,12+,13-,14-,15-,16-,19?/m0/s1. The fourth-order valence-corrected chi connectivity index (χ4v) is 9.13. The molecule has 7 aliphatic carbocycles. The van der Waals surface area contributed by atoms with E-state index in [0.29, 0.717) is 58.9 Å². The number of carbonyl (C=O) groups excluding carboxylic acids is 3. The number of hydrogen-bond donors (Lipinski definition) is 0. The first-order chi connectivity index (χ1) is 11.1. The Morgan fingerprint density at radius 2 is 1.26 bits per heavy atom. The average molecular weight is 310 g/mol. The lowest BCUT2D eigenvalue weighted by molar-refractivity contribution is -0.154. The number of esters is 1. The van der Waals surface area contributed by atoms with Gasteiger partial charge in [-0.05, 0) is 47.3 Å². The van der Waals surface area contributed by atoms with Gasteiger partial charge in [0.25, 0.3) is 0 Å². The molecule has 7 aliphatic rings. The number of hydrogen-bond acceptors (Lipinski definition) is 4. The summed E-state index contributed by atoms with van der Waals surface area (Å²) in [7, 11) is 0. The minimum Gasteiger partial charge on any atom is -0.461 e. The van der Waals surface area contributed by atoms with E-state index in [1.165, 1.54) is 6.92 Å². The van der Waals surface area contributed by atoms with Gasteiger partial charge in [0.1, 0.15) is 17.7 Å². The molecule has 0 radical (unpaired) electrons. The fourth-order valence-electron chi connectivity index (χ4n) is 9.13. The molecule has 23 heavy (non-hydrogen) atoms. The van der Waals surface area contributed by atoms with E-state index in [9.17, 15) is 14.4 Å². The van der Waals surface area contributed by atoms with Gasteiger partial charge in [-0.25, -0.2) is 0 Å². The summed E-state index contributed by atoms with van der Waals surface area (Å²) in [6, 6.07) is 0. The predicted molar refractivity (Wildman–Crippen MR) is 76.6 cm³/mol.